The van der Waals surface area contributed by atoms with Gasteiger partial charge < -0.3 is 14.9 Å². The lowest BCUT2D eigenvalue weighted by molar-refractivity contribution is 0.0697. The van der Waals surface area contributed by atoms with Crippen molar-refractivity contribution in [3.05, 3.63) is 29.8 Å². The van der Waals surface area contributed by atoms with Crippen LogP contribution in [-0.4, -0.2) is 55.8 Å². The van der Waals surface area contributed by atoms with Gasteiger partial charge in [0, 0.05) is 31.9 Å². The second-order valence-electron chi connectivity index (χ2n) is 4.35. The van der Waals surface area contributed by atoms with Crippen molar-refractivity contribution in [2.24, 2.45) is 0 Å². The first-order valence-corrected chi connectivity index (χ1v) is 5.92. The number of piperazine rings is 1. The van der Waals surface area contributed by atoms with E-state index < -0.39 is 5.97 Å². The Morgan fingerprint density at radius 3 is 2.06 bits per heavy atom. The number of rotatable bonds is 2. The Morgan fingerprint density at radius 2 is 1.61 bits per heavy atom. The summed E-state index contributed by atoms with van der Waals surface area (Å²) in [6, 6.07) is 6.84. The first kappa shape index (κ1) is 12.5. The van der Waals surface area contributed by atoms with Crippen LogP contribution in [0.25, 0.3) is 0 Å². The Labute approximate surface area is 106 Å². The molecule has 1 aromatic rings. The lowest BCUT2D eigenvalue weighted by atomic mass is 10.1. The summed E-state index contributed by atoms with van der Waals surface area (Å²) in [5, 5.41) is 8.82. The second-order valence-corrected chi connectivity index (χ2v) is 4.35. The van der Waals surface area contributed by atoms with Crippen LogP contribution in [0.15, 0.2) is 24.3 Å². The number of anilines is 1. The van der Waals surface area contributed by atoms with E-state index >= 15 is 0 Å². The zero-order valence-electron chi connectivity index (χ0n) is 10.3. The van der Waals surface area contributed by atoms with Crippen LogP contribution in [0.4, 0.5) is 10.5 Å². The van der Waals surface area contributed by atoms with E-state index in [9.17, 15) is 9.59 Å². The fourth-order valence-corrected chi connectivity index (χ4v) is 2.09. The van der Waals surface area contributed by atoms with E-state index in [0.717, 1.165) is 31.9 Å². The number of carboxylic acids is 1. The van der Waals surface area contributed by atoms with Crippen molar-refractivity contribution in [3.8, 4) is 0 Å². The summed E-state index contributed by atoms with van der Waals surface area (Å²) in [6.45, 7) is 3.00. The number of carbonyl (C=O) groups is 2. The lowest BCUT2D eigenvalue weighted by Crippen LogP contribution is -2.48. The Hall–Kier alpha value is -1.98. The molecule has 0 radical (unpaired) electrons. The Balaban J connectivity index is 2.01. The third-order valence-electron chi connectivity index (χ3n) is 3.20. The van der Waals surface area contributed by atoms with E-state index in [0.29, 0.717) is 5.56 Å². The molecule has 1 aliphatic rings. The second kappa shape index (κ2) is 5.12. The van der Waals surface area contributed by atoms with Crippen LogP contribution in [0, 0.1) is 0 Å². The van der Waals surface area contributed by atoms with Crippen LogP contribution in [0.1, 0.15) is 10.4 Å². The van der Waals surface area contributed by atoms with Crippen molar-refractivity contribution in [2.45, 2.75) is 0 Å². The van der Waals surface area contributed by atoms with Gasteiger partial charge in [-0.15, -0.1) is 0 Å². The molecule has 1 heterocycles. The number of aromatic carboxylic acids is 1. The topological polar surface area (TPSA) is 60.9 Å². The molecule has 6 heteroatoms. The first-order chi connectivity index (χ1) is 8.58. The molecule has 0 atom stereocenters. The molecule has 1 fully saturated rings. The van der Waals surface area contributed by atoms with Gasteiger partial charge >= 0.3 is 5.97 Å². The van der Waals surface area contributed by atoms with Gasteiger partial charge in [-0.3, -0.25) is 4.79 Å². The molecule has 0 saturated carbocycles. The molecule has 1 aromatic carbocycles. The third-order valence-corrected chi connectivity index (χ3v) is 3.20. The predicted molar refractivity (Wildman–Crippen MR) is 71.1 cm³/mol. The number of amides is 1. The summed E-state index contributed by atoms with van der Waals surface area (Å²) in [5.41, 5.74) is 1.30. The van der Waals surface area contributed by atoms with Gasteiger partial charge in [0.15, 0.2) is 5.81 Å². The van der Waals surface area contributed by atoms with Crippen LogP contribution < -0.4 is 4.90 Å². The lowest BCUT2D eigenvalue weighted by Gasteiger charge is -2.35. The summed E-state index contributed by atoms with van der Waals surface area (Å²) >= 11 is 0. The summed E-state index contributed by atoms with van der Waals surface area (Å²) < 4.78 is 0. The van der Waals surface area contributed by atoms with Crippen LogP contribution in [-0.2, 0) is 0 Å². The van der Waals surface area contributed by atoms with Gasteiger partial charge in [0.05, 0.1) is 5.56 Å². The van der Waals surface area contributed by atoms with Crippen LogP contribution >= 0.6 is 0 Å². The van der Waals surface area contributed by atoms with Crippen LogP contribution in [0.5, 0.6) is 0 Å². The Bertz CT molecular complexity index is 453. The zero-order valence-corrected chi connectivity index (χ0v) is 10.3. The van der Waals surface area contributed by atoms with E-state index in [2.05, 4.69) is 4.90 Å². The normalized spacial score (nSPS) is 15.6. The molecule has 0 unspecified atom stereocenters. The number of benzene rings is 1. The zero-order chi connectivity index (χ0) is 13.1. The molecule has 0 bridgehead atoms. The summed E-state index contributed by atoms with van der Waals surface area (Å²) in [4.78, 5) is 25.9. The number of nitrogens with zero attached hydrogens (tertiary/aromatic N) is 2. The van der Waals surface area contributed by atoms with Crippen LogP contribution in [0.2, 0.25) is 0 Å². The maximum Gasteiger partial charge on any atom is 0.335 e. The fraction of sp³-hybridized carbons (Fsp3) is 0.333. The standard InChI is InChI=1S/C12H15BN2O3/c13-12(18)15-7-5-14(6-8-15)10-3-1-9(2-4-10)11(16)17/h1-4H,5-8,13H2,(H,16,17). The third kappa shape index (κ3) is 2.64. The number of carboxylic acid groups (broad SMARTS) is 1. The molecular weight excluding hydrogens is 231 g/mol. The summed E-state index contributed by atoms with van der Waals surface area (Å²) in [5.74, 6) is -0.807. The number of carbonyl (C=O) groups excluding carboxylic acids is 1. The molecule has 1 aliphatic heterocycles. The van der Waals surface area contributed by atoms with E-state index in [1.807, 2.05) is 17.0 Å². The molecule has 2 rings (SSSR count). The Morgan fingerprint density at radius 1 is 1.06 bits per heavy atom. The minimum Gasteiger partial charge on any atom is -0.478 e. The van der Waals surface area contributed by atoms with Crippen molar-refractivity contribution in [1.82, 2.24) is 4.90 Å². The minimum absolute atomic E-state index is 0.107. The molecule has 0 aliphatic carbocycles. The highest BCUT2D eigenvalue weighted by Gasteiger charge is 2.18. The molecule has 18 heavy (non-hydrogen) atoms. The summed E-state index contributed by atoms with van der Waals surface area (Å²) in [6.07, 6.45) is 0. The van der Waals surface area contributed by atoms with Crippen LogP contribution in [0.3, 0.4) is 0 Å². The maximum atomic E-state index is 11.2. The number of hydrogen-bond acceptors (Lipinski definition) is 3. The largest absolute Gasteiger partial charge is 0.478 e. The Kier molecular flexibility index (Phi) is 3.55. The SMILES string of the molecule is BC(=O)N1CCN(c2ccc(C(=O)O)cc2)CC1. The van der Waals surface area contributed by atoms with Gasteiger partial charge in [0.25, 0.3) is 0 Å². The van der Waals surface area contributed by atoms with Gasteiger partial charge in [-0.25, -0.2) is 4.79 Å². The van der Waals surface area contributed by atoms with Crippen molar-refractivity contribution in [2.75, 3.05) is 31.1 Å². The maximum absolute atomic E-state index is 11.2. The molecule has 1 saturated heterocycles. The molecule has 0 spiro atoms. The smallest absolute Gasteiger partial charge is 0.335 e. The van der Waals surface area contributed by atoms with Gasteiger partial charge in [-0.2, -0.15) is 0 Å². The highest BCUT2D eigenvalue weighted by Crippen LogP contribution is 2.17. The van der Waals surface area contributed by atoms with E-state index in [1.165, 1.54) is 0 Å². The molecular formula is C12H15BN2O3. The van der Waals surface area contributed by atoms with E-state index in [-0.39, 0.29) is 5.81 Å². The van der Waals surface area contributed by atoms with Gasteiger partial charge in [-0.05, 0) is 24.3 Å². The molecule has 1 amide bonds. The van der Waals surface area contributed by atoms with Crippen molar-refractivity contribution >= 4 is 25.3 Å². The first-order valence-electron chi connectivity index (χ1n) is 5.92. The average Bonchev–Trinajstić information content (AvgIpc) is 2.39. The highest BCUT2D eigenvalue weighted by atomic mass is 16.4. The molecule has 1 N–H and O–H groups in total. The van der Waals surface area contributed by atoms with Gasteiger partial charge in [-0.1, -0.05) is 0 Å². The fourth-order valence-electron chi connectivity index (χ4n) is 2.09. The van der Waals surface area contributed by atoms with E-state index in [4.69, 9.17) is 5.11 Å². The predicted octanol–water partition coefficient (Wildman–Crippen LogP) is 0.260. The minimum atomic E-state index is -0.914. The van der Waals surface area contributed by atoms with E-state index in [1.54, 1.807) is 20.0 Å². The quantitative estimate of drug-likeness (QED) is 0.760. The van der Waals surface area contributed by atoms with Crippen molar-refractivity contribution in [1.29, 1.82) is 0 Å². The van der Waals surface area contributed by atoms with Gasteiger partial charge in [0.2, 0.25) is 7.85 Å². The summed E-state index contributed by atoms with van der Waals surface area (Å²) in [7, 11) is 1.58. The van der Waals surface area contributed by atoms with Crippen molar-refractivity contribution in [3.63, 3.8) is 0 Å². The molecule has 5 nitrogen and oxygen atoms in total. The van der Waals surface area contributed by atoms with Crippen molar-refractivity contribution < 1.29 is 14.7 Å². The molecule has 0 aromatic heterocycles. The monoisotopic (exact) mass is 246 g/mol. The number of hydrogen-bond donors (Lipinski definition) is 1. The molecule has 94 valence electrons. The van der Waals surface area contributed by atoms with Gasteiger partial charge in [0.1, 0.15) is 0 Å². The highest BCUT2D eigenvalue weighted by molar-refractivity contribution is 6.56. The average molecular weight is 246 g/mol.